The first-order valence-electron chi connectivity index (χ1n) is 14.6. The Hall–Kier alpha value is -0.220. The van der Waals surface area contributed by atoms with Crippen molar-refractivity contribution in [3.63, 3.8) is 0 Å². The topological polar surface area (TPSA) is 64.2 Å². The maximum atomic E-state index is 4.82. The molecule has 0 amide bonds. The van der Waals surface area contributed by atoms with Crippen molar-refractivity contribution < 1.29 is 0 Å². The molecule has 0 aromatic carbocycles. The van der Waals surface area contributed by atoms with Gasteiger partial charge in [0, 0.05) is 41.3 Å². The Balaban J connectivity index is 1.39. The van der Waals surface area contributed by atoms with Gasteiger partial charge in [0.2, 0.25) is 0 Å². The Morgan fingerprint density at radius 3 is 2.62 bits per heavy atom. The number of nitrogens with one attached hydrogen (secondary N) is 4. The zero-order chi connectivity index (χ0) is 26.2. The molecule has 37 heavy (non-hydrogen) atoms. The molecule has 0 spiro atoms. The van der Waals surface area contributed by atoms with Gasteiger partial charge in [0.15, 0.2) is 0 Å². The molecule has 208 valence electrons. The summed E-state index contributed by atoms with van der Waals surface area (Å²) in [6, 6.07) is 5.17. The molecule has 6 nitrogen and oxygen atoms in total. The van der Waals surface area contributed by atoms with Gasteiger partial charge in [0.05, 0.1) is 29.4 Å². The molecular formula is C29H49BrN6S. The predicted molar refractivity (Wildman–Crippen MR) is 159 cm³/mol. The molecule has 8 atom stereocenters. The number of hydrogen-bond donors (Lipinski definition) is 4. The van der Waals surface area contributed by atoms with Crippen molar-refractivity contribution in [1.82, 2.24) is 30.6 Å². The van der Waals surface area contributed by atoms with Crippen LogP contribution < -0.4 is 20.7 Å². The monoisotopic (exact) mass is 592 g/mol. The van der Waals surface area contributed by atoms with Gasteiger partial charge in [0.1, 0.15) is 0 Å². The first-order valence-corrected chi connectivity index (χ1v) is 16.3. The molecule has 7 unspecified atom stereocenters. The molecule has 4 bridgehead atoms. The lowest BCUT2D eigenvalue weighted by atomic mass is 9.78. The summed E-state index contributed by atoms with van der Waals surface area (Å²) in [5.74, 6) is 1.35. The molecule has 4 aliphatic rings. The van der Waals surface area contributed by atoms with Crippen molar-refractivity contribution >= 4 is 27.9 Å². The quantitative estimate of drug-likeness (QED) is 0.309. The van der Waals surface area contributed by atoms with Crippen molar-refractivity contribution in [2.75, 3.05) is 13.1 Å². The number of aromatic nitrogens is 1. The molecule has 0 aliphatic carbocycles. The van der Waals surface area contributed by atoms with Gasteiger partial charge in [-0.05, 0) is 105 Å². The van der Waals surface area contributed by atoms with Crippen LogP contribution in [-0.2, 0) is 0 Å². The van der Waals surface area contributed by atoms with Gasteiger partial charge in [-0.3, -0.25) is 30.6 Å². The summed E-state index contributed by atoms with van der Waals surface area (Å²) < 4.78 is 4.88. The van der Waals surface area contributed by atoms with Gasteiger partial charge in [0.25, 0.3) is 0 Å². The molecule has 5 heterocycles. The van der Waals surface area contributed by atoms with Crippen LogP contribution in [0.15, 0.2) is 22.8 Å². The van der Waals surface area contributed by atoms with E-state index in [0.717, 1.165) is 17.4 Å². The van der Waals surface area contributed by atoms with Crippen molar-refractivity contribution in [2.24, 2.45) is 17.3 Å². The number of halogens is 1. The lowest BCUT2D eigenvalue weighted by molar-refractivity contribution is 0.00552. The molecule has 5 rings (SSSR count). The molecular weight excluding hydrogens is 544 g/mol. The Kier molecular flexibility index (Phi) is 8.97. The number of fused-ring (bicyclic) bond motifs is 6. The van der Waals surface area contributed by atoms with Crippen molar-refractivity contribution in [2.45, 2.75) is 121 Å². The summed E-state index contributed by atoms with van der Waals surface area (Å²) in [6.07, 6.45) is 12.6. The SMILES string of the molecule is CC(C)(C)C1CCC2CNSC3CCCC(N3)NC(c3ccc(Br)cn3)CC[C@@H]3CN(C2N1)C(C)(C)C3. The van der Waals surface area contributed by atoms with Gasteiger partial charge >= 0.3 is 0 Å². The van der Waals surface area contributed by atoms with Crippen molar-refractivity contribution in [3.05, 3.63) is 28.5 Å². The molecule has 1 aromatic heterocycles. The number of rotatable bonds is 1. The fourth-order valence-electron chi connectivity index (χ4n) is 7.24. The summed E-state index contributed by atoms with van der Waals surface area (Å²) in [4.78, 5) is 7.67. The highest BCUT2D eigenvalue weighted by Gasteiger charge is 2.47. The number of pyridine rings is 1. The fraction of sp³-hybridized carbons (Fsp3) is 0.828. The van der Waals surface area contributed by atoms with E-state index in [1.165, 1.54) is 57.2 Å². The Labute approximate surface area is 237 Å². The Morgan fingerprint density at radius 1 is 1.03 bits per heavy atom. The lowest BCUT2D eigenvalue weighted by Crippen LogP contribution is -2.63. The third-order valence-corrected chi connectivity index (χ3v) is 10.8. The van der Waals surface area contributed by atoms with Crippen molar-refractivity contribution in [1.29, 1.82) is 0 Å². The summed E-state index contributed by atoms with van der Waals surface area (Å²) >= 11 is 5.49. The van der Waals surface area contributed by atoms with Gasteiger partial charge in [-0.2, -0.15) is 0 Å². The highest BCUT2D eigenvalue weighted by atomic mass is 79.9. The Bertz CT molecular complexity index is 889. The molecule has 8 heteroatoms. The van der Waals surface area contributed by atoms with Crippen LogP contribution in [-0.4, -0.2) is 52.3 Å². The van der Waals surface area contributed by atoms with Crippen LogP contribution in [0.25, 0.3) is 0 Å². The van der Waals surface area contributed by atoms with E-state index in [9.17, 15) is 0 Å². The number of piperidine rings is 2. The second-order valence-electron chi connectivity index (χ2n) is 13.7. The van der Waals surface area contributed by atoms with E-state index in [1.54, 1.807) is 0 Å². The number of hydrogen-bond acceptors (Lipinski definition) is 7. The lowest BCUT2D eigenvalue weighted by Gasteiger charge is -2.50. The van der Waals surface area contributed by atoms with Crippen LogP contribution in [0, 0.1) is 17.3 Å². The minimum atomic E-state index is 0.210. The van der Waals surface area contributed by atoms with Crippen LogP contribution in [0.2, 0.25) is 0 Å². The van der Waals surface area contributed by atoms with E-state index in [-0.39, 0.29) is 17.0 Å². The average molecular weight is 594 g/mol. The molecule has 4 saturated heterocycles. The van der Waals surface area contributed by atoms with E-state index in [0.29, 0.717) is 35.6 Å². The van der Waals surface area contributed by atoms with Crippen molar-refractivity contribution in [3.8, 4) is 0 Å². The normalized spacial score (nSPS) is 39.3. The predicted octanol–water partition coefficient (Wildman–Crippen LogP) is 5.77. The number of nitrogens with zero attached hydrogens (tertiary/aromatic N) is 2. The highest BCUT2D eigenvalue weighted by Crippen LogP contribution is 2.42. The summed E-state index contributed by atoms with van der Waals surface area (Å²) in [5.41, 5.74) is 1.66. The zero-order valence-corrected chi connectivity index (χ0v) is 25.9. The summed E-state index contributed by atoms with van der Waals surface area (Å²) in [5, 5.41) is 12.5. The maximum Gasteiger partial charge on any atom is 0.0690 e. The minimum Gasteiger partial charge on any atom is -0.298 e. The molecule has 0 saturated carbocycles. The molecule has 4 fully saturated rings. The first kappa shape index (κ1) is 28.3. The van der Waals surface area contributed by atoms with Crippen LogP contribution in [0.5, 0.6) is 0 Å². The van der Waals surface area contributed by atoms with Gasteiger partial charge in [-0.1, -0.05) is 32.7 Å². The van der Waals surface area contributed by atoms with E-state index < -0.39 is 0 Å². The van der Waals surface area contributed by atoms with Crippen LogP contribution >= 0.6 is 27.9 Å². The van der Waals surface area contributed by atoms with Gasteiger partial charge in [-0.25, -0.2) is 0 Å². The third kappa shape index (κ3) is 6.93. The third-order valence-electron chi connectivity index (χ3n) is 9.34. The minimum absolute atomic E-state index is 0.210. The van der Waals surface area contributed by atoms with Gasteiger partial charge < -0.3 is 0 Å². The molecule has 1 aromatic rings. The first-order chi connectivity index (χ1) is 17.6. The summed E-state index contributed by atoms with van der Waals surface area (Å²) in [6.45, 7) is 14.4. The fourth-order valence-corrected chi connectivity index (χ4v) is 8.50. The second kappa shape index (κ2) is 11.7. The summed E-state index contributed by atoms with van der Waals surface area (Å²) in [7, 11) is 0. The largest absolute Gasteiger partial charge is 0.298 e. The van der Waals surface area contributed by atoms with Crippen LogP contribution in [0.4, 0.5) is 0 Å². The molecule has 4 N–H and O–H groups in total. The maximum absolute atomic E-state index is 4.82. The van der Waals surface area contributed by atoms with E-state index in [4.69, 9.17) is 4.98 Å². The Morgan fingerprint density at radius 2 is 1.86 bits per heavy atom. The smallest absolute Gasteiger partial charge is 0.0690 e. The van der Waals surface area contributed by atoms with Gasteiger partial charge in [-0.15, -0.1) is 0 Å². The molecule has 4 aliphatic heterocycles. The average Bonchev–Trinajstić information content (AvgIpc) is 3.15. The van der Waals surface area contributed by atoms with E-state index in [1.807, 2.05) is 18.1 Å². The zero-order valence-electron chi connectivity index (χ0n) is 23.5. The van der Waals surface area contributed by atoms with Crippen LogP contribution in [0.3, 0.4) is 0 Å². The standard InChI is InChI=1S/C29H49BrN6S/c1-28(2,3)24-14-10-20-16-32-37-26-8-6-7-25(35-26)33-23(22-13-11-21(30)17-31-22)12-9-19-15-29(4,5)36(18-19)27(20)34-24/h11,13,17,19-20,23-27,32-35H,6-10,12,14-16,18H2,1-5H3/t19-,20?,23?,24?,25?,26?,27?/m0/s1. The molecule has 0 radical (unpaired) electrons. The van der Waals surface area contributed by atoms with E-state index in [2.05, 4.69) is 88.3 Å². The van der Waals surface area contributed by atoms with Crippen LogP contribution in [0.1, 0.15) is 97.7 Å². The van der Waals surface area contributed by atoms with E-state index >= 15 is 0 Å². The highest BCUT2D eigenvalue weighted by molar-refractivity contribution is 9.10. The second-order valence-corrected chi connectivity index (χ2v) is 15.7.